The molecule has 6 nitrogen and oxygen atoms in total. The minimum atomic E-state index is -0.377. The second-order valence-corrected chi connectivity index (χ2v) is 10.4. The van der Waals surface area contributed by atoms with E-state index in [4.69, 9.17) is 7.85 Å². The maximum Gasteiger partial charge on any atom is 0.253 e. The molecule has 0 aliphatic carbocycles. The highest BCUT2D eigenvalue weighted by atomic mass is 16.2. The summed E-state index contributed by atoms with van der Waals surface area (Å²) in [6, 6.07) is 13.2. The van der Waals surface area contributed by atoms with Gasteiger partial charge in [0.05, 0.1) is 11.6 Å². The van der Waals surface area contributed by atoms with Crippen molar-refractivity contribution in [2.45, 2.75) is 77.9 Å². The Morgan fingerprint density at radius 3 is 2.27 bits per heavy atom. The number of carbonyl (C=O) groups is 2. The molecule has 2 fully saturated rings. The molecule has 3 aliphatic rings. The first-order valence-corrected chi connectivity index (χ1v) is 13.8. The average molecular weight is 498 g/mol. The normalized spacial score (nSPS) is 23.5. The van der Waals surface area contributed by atoms with Crippen molar-refractivity contribution in [2.24, 2.45) is 5.92 Å². The van der Waals surface area contributed by atoms with Crippen LogP contribution < -0.4 is 10.2 Å². The number of carbonyl (C=O) groups excluding carboxylic acids is 2. The lowest BCUT2D eigenvalue weighted by atomic mass is 9.92. The van der Waals surface area contributed by atoms with Crippen molar-refractivity contribution >= 4 is 31.0 Å². The van der Waals surface area contributed by atoms with Gasteiger partial charge in [0.1, 0.15) is 5.82 Å². The maximum atomic E-state index is 12.9. The Morgan fingerprint density at radius 1 is 1.05 bits per heavy atom. The monoisotopic (exact) mass is 498 g/mol. The summed E-state index contributed by atoms with van der Waals surface area (Å²) in [6.45, 7) is 9.53. The van der Waals surface area contributed by atoms with Crippen LogP contribution in [0.15, 0.2) is 48.7 Å². The summed E-state index contributed by atoms with van der Waals surface area (Å²) in [6.07, 6.45) is 9.52. The molecule has 3 aliphatic heterocycles. The zero-order valence-corrected chi connectivity index (χ0v) is 22.6. The van der Waals surface area contributed by atoms with Crippen molar-refractivity contribution in [1.82, 2.24) is 15.2 Å². The SMILES string of the molecule is CC.[B]C(=O)N1CC=C(c2ccc(C(C)NC(=O)c3ccc(N4C5CCC4CC(C)C5)nc3)cc2)CC1. The summed E-state index contributed by atoms with van der Waals surface area (Å²) in [5, 5.41) is 3.10. The van der Waals surface area contributed by atoms with Crippen LogP contribution in [0.5, 0.6) is 0 Å². The Morgan fingerprint density at radius 2 is 1.73 bits per heavy atom. The fourth-order valence-corrected chi connectivity index (χ4v) is 5.98. The third-order valence-corrected chi connectivity index (χ3v) is 7.89. The molecule has 1 aromatic carbocycles. The Hall–Kier alpha value is -3.09. The minimum absolute atomic E-state index is 0.114. The number of nitrogens with zero attached hydrogens (tertiary/aromatic N) is 3. The molecule has 3 unspecified atom stereocenters. The molecule has 4 heterocycles. The number of amides is 2. The van der Waals surface area contributed by atoms with E-state index < -0.39 is 0 Å². The predicted molar refractivity (Wildman–Crippen MR) is 151 cm³/mol. The number of aromatic nitrogens is 1. The lowest BCUT2D eigenvalue weighted by molar-refractivity contribution is 0.0939. The van der Waals surface area contributed by atoms with E-state index in [1.807, 2.05) is 32.9 Å². The highest BCUT2D eigenvalue weighted by molar-refractivity contribution is 6.56. The molecule has 2 amide bonds. The summed E-state index contributed by atoms with van der Waals surface area (Å²) in [5.41, 5.74) is 3.98. The van der Waals surface area contributed by atoms with E-state index in [0.29, 0.717) is 30.7 Å². The van der Waals surface area contributed by atoms with Gasteiger partial charge in [0, 0.05) is 31.4 Å². The van der Waals surface area contributed by atoms with Crippen molar-refractivity contribution < 1.29 is 9.59 Å². The molecule has 194 valence electrons. The van der Waals surface area contributed by atoms with Crippen molar-refractivity contribution in [2.75, 3.05) is 18.0 Å². The van der Waals surface area contributed by atoms with Crippen LogP contribution in [0.1, 0.15) is 87.3 Å². The van der Waals surface area contributed by atoms with Gasteiger partial charge < -0.3 is 15.1 Å². The molecule has 2 radical (unpaired) electrons. The molecule has 2 aromatic rings. The Balaban J connectivity index is 0.00000156. The molecule has 37 heavy (non-hydrogen) atoms. The molecule has 1 aromatic heterocycles. The highest BCUT2D eigenvalue weighted by Gasteiger charge is 2.39. The van der Waals surface area contributed by atoms with Gasteiger partial charge in [0.15, 0.2) is 5.81 Å². The van der Waals surface area contributed by atoms with Crippen molar-refractivity contribution in [3.63, 3.8) is 0 Å². The van der Waals surface area contributed by atoms with E-state index in [0.717, 1.165) is 29.3 Å². The van der Waals surface area contributed by atoms with E-state index in [-0.39, 0.29) is 17.8 Å². The van der Waals surface area contributed by atoms with Gasteiger partial charge in [0.2, 0.25) is 7.85 Å². The van der Waals surface area contributed by atoms with Gasteiger partial charge in [-0.1, -0.05) is 51.1 Å². The second-order valence-electron chi connectivity index (χ2n) is 10.4. The number of rotatable bonds is 5. The number of piperidine rings is 1. The lowest BCUT2D eigenvalue weighted by Crippen LogP contribution is -2.42. The van der Waals surface area contributed by atoms with Gasteiger partial charge in [-0.2, -0.15) is 0 Å². The Bertz CT molecular complexity index is 1100. The van der Waals surface area contributed by atoms with Crippen LogP contribution in [-0.2, 0) is 0 Å². The first-order chi connectivity index (χ1) is 17.9. The van der Waals surface area contributed by atoms with E-state index in [9.17, 15) is 9.59 Å². The first-order valence-electron chi connectivity index (χ1n) is 13.8. The molecule has 0 spiro atoms. The van der Waals surface area contributed by atoms with E-state index in [2.05, 4.69) is 52.5 Å². The molecular formula is C30H39BN4O2. The Kier molecular flexibility index (Phi) is 8.73. The van der Waals surface area contributed by atoms with Crippen LogP contribution in [-0.4, -0.2) is 54.6 Å². The summed E-state index contributed by atoms with van der Waals surface area (Å²) < 4.78 is 0. The zero-order chi connectivity index (χ0) is 26.5. The number of benzene rings is 1. The van der Waals surface area contributed by atoms with Gasteiger partial charge in [-0.15, -0.1) is 0 Å². The molecule has 5 rings (SSSR count). The largest absolute Gasteiger partial charge is 0.351 e. The number of fused-ring (bicyclic) bond motifs is 2. The Labute approximate surface area is 222 Å². The molecule has 2 saturated heterocycles. The molecule has 2 bridgehead atoms. The van der Waals surface area contributed by atoms with Crippen LogP contribution in [0.3, 0.4) is 0 Å². The smallest absolute Gasteiger partial charge is 0.253 e. The number of anilines is 1. The molecule has 1 N–H and O–H groups in total. The molecule has 3 atom stereocenters. The predicted octanol–water partition coefficient (Wildman–Crippen LogP) is 5.74. The second kappa shape index (κ2) is 12.0. The number of hydrogen-bond acceptors (Lipinski definition) is 4. The van der Waals surface area contributed by atoms with Gasteiger partial charge in [-0.05, 0) is 73.8 Å². The number of nitrogens with one attached hydrogen (secondary N) is 1. The van der Waals surface area contributed by atoms with Crippen LogP contribution in [0, 0.1) is 5.92 Å². The molecule has 7 heteroatoms. The zero-order valence-electron chi connectivity index (χ0n) is 22.6. The van der Waals surface area contributed by atoms with Crippen LogP contribution in [0.25, 0.3) is 5.57 Å². The van der Waals surface area contributed by atoms with Crippen molar-refractivity contribution in [3.8, 4) is 0 Å². The van der Waals surface area contributed by atoms with Crippen LogP contribution in [0.4, 0.5) is 10.6 Å². The van der Waals surface area contributed by atoms with Gasteiger partial charge in [0.25, 0.3) is 5.91 Å². The summed E-state index contributed by atoms with van der Waals surface area (Å²) in [4.78, 5) is 33.0. The fourth-order valence-electron chi connectivity index (χ4n) is 5.98. The van der Waals surface area contributed by atoms with Crippen molar-refractivity contribution in [1.29, 1.82) is 0 Å². The first kappa shape index (κ1) is 27.0. The van der Waals surface area contributed by atoms with E-state index in [1.165, 1.54) is 31.3 Å². The highest BCUT2D eigenvalue weighted by Crippen LogP contribution is 2.40. The molecular weight excluding hydrogens is 459 g/mol. The van der Waals surface area contributed by atoms with E-state index >= 15 is 0 Å². The van der Waals surface area contributed by atoms with Crippen LogP contribution in [0.2, 0.25) is 0 Å². The number of pyridine rings is 1. The lowest BCUT2D eigenvalue weighted by Gasteiger charge is -2.38. The maximum absolute atomic E-state index is 12.9. The quantitative estimate of drug-likeness (QED) is 0.534. The topological polar surface area (TPSA) is 65.5 Å². The van der Waals surface area contributed by atoms with Gasteiger partial charge >= 0.3 is 0 Å². The van der Waals surface area contributed by atoms with E-state index in [1.54, 1.807) is 11.1 Å². The van der Waals surface area contributed by atoms with Gasteiger partial charge in [-0.25, -0.2) is 4.98 Å². The average Bonchev–Trinajstić information content (AvgIpc) is 3.20. The third kappa shape index (κ3) is 6.08. The van der Waals surface area contributed by atoms with Crippen LogP contribution >= 0.6 is 0 Å². The fraction of sp³-hybridized carbons (Fsp3) is 0.500. The minimum Gasteiger partial charge on any atom is -0.351 e. The summed E-state index contributed by atoms with van der Waals surface area (Å²) >= 11 is 0. The van der Waals surface area contributed by atoms with Crippen molar-refractivity contribution in [3.05, 3.63) is 65.4 Å². The standard InChI is InChI=1S/C28H33BN4O2.C2H6/c1-18-15-24-8-9-25(16-18)33(24)26-10-7-23(17-30-26)27(34)31-19(2)20-3-5-21(6-4-20)22-11-13-32(14-12-22)28(29)35;1-2/h3-7,10-11,17-19,24-25H,8-9,12-16H2,1-2H3,(H,31,34);1-2H3. The number of hydrogen-bond donors (Lipinski definition) is 1. The summed E-state index contributed by atoms with van der Waals surface area (Å²) in [7, 11) is 5.36. The molecule has 0 saturated carbocycles. The van der Waals surface area contributed by atoms with Gasteiger partial charge in [-0.3, -0.25) is 9.59 Å². The third-order valence-electron chi connectivity index (χ3n) is 7.89. The summed E-state index contributed by atoms with van der Waals surface area (Å²) in [5.74, 6) is 1.30.